The molecule has 0 atom stereocenters. The quantitative estimate of drug-likeness (QED) is 0.826. The molecule has 0 bridgehead atoms. The third-order valence-electron chi connectivity index (χ3n) is 3.27. The maximum absolute atomic E-state index is 12.0. The zero-order chi connectivity index (χ0) is 17.5. The van der Waals surface area contributed by atoms with E-state index in [1.807, 2.05) is 25.1 Å². The highest BCUT2D eigenvalue weighted by Crippen LogP contribution is 2.21. The predicted octanol–water partition coefficient (Wildman–Crippen LogP) is 3.61. The van der Waals surface area contributed by atoms with Crippen molar-refractivity contribution in [1.82, 2.24) is 0 Å². The summed E-state index contributed by atoms with van der Waals surface area (Å²) in [5.41, 5.74) is 3.26. The molecule has 0 spiro atoms. The van der Waals surface area contributed by atoms with Crippen molar-refractivity contribution in [2.45, 2.75) is 13.8 Å². The largest absolute Gasteiger partial charge is 0.496 e. The minimum Gasteiger partial charge on any atom is -0.496 e. The fraction of sp³-hybridized carbons (Fsp3) is 0.158. The predicted molar refractivity (Wildman–Crippen MR) is 96.1 cm³/mol. The third-order valence-corrected chi connectivity index (χ3v) is 3.27. The van der Waals surface area contributed by atoms with Gasteiger partial charge in [-0.2, -0.15) is 0 Å². The van der Waals surface area contributed by atoms with Gasteiger partial charge in [0.1, 0.15) is 5.75 Å². The molecule has 0 unspecified atom stereocenters. The van der Waals surface area contributed by atoms with E-state index in [2.05, 4.69) is 10.6 Å². The molecule has 0 saturated heterocycles. The van der Waals surface area contributed by atoms with Crippen molar-refractivity contribution >= 4 is 29.3 Å². The first kappa shape index (κ1) is 17.3. The van der Waals surface area contributed by atoms with Crippen molar-refractivity contribution in [2.24, 2.45) is 0 Å². The SMILES string of the molecule is COc1ccc(C)cc1/C=C/C(=O)Nc1ccc(NC(C)=O)cc1. The van der Waals surface area contributed by atoms with Crippen LogP contribution in [0.5, 0.6) is 5.75 Å². The summed E-state index contributed by atoms with van der Waals surface area (Å²) in [6, 6.07) is 12.7. The van der Waals surface area contributed by atoms with Gasteiger partial charge in [-0.1, -0.05) is 11.6 Å². The summed E-state index contributed by atoms with van der Waals surface area (Å²) in [4.78, 5) is 23.0. The van der Waals surface area contributed by atoms with Gasteiger partial charge in [0.05, 0.1) is 7.11 Å². The van der Waals surface area contributed by atoms with Gasteiger partial charge in [-0.25, -0.2) is 0 Å². The number of anilines is 2. The molecule has 0 fully saturated rings. The van der Waals surface area contributed by atoms with Crippen LogP contribution in [0.1, 0.15) is 18.1 Å². The number of methoxy groups -OCH3 is 1. The molecule has 2 amide bonds. The fourth-order valence-electron chi connectivity index (χ4n) is 2.17. The molecule has 2 rings (SSSR count). The summed E-state index contributed by atoms with van der Waals surface area (Å²) in [7, 11) is 1.60. The molecule has 0 aromatic heterocycles. The zero-order valence-electron chi connectivity index (χ0n) is 13.9. The molecule has 0 saturated carbocycles. The van der Waals surface area contributed by atoms with Gasteiger partial charge in [0, 0.05) is 29.9 Å². The van der Waals surface area contributed by atoms with Gasteiger partial charge in [0.25, 0.3) is 0 Å². The van der Waals surface area contributed by atoms with Crippen LogP contribution in [0.25, 0.3) is 6.08 Å². The Balaban J connectivity index is 2.02. The van der Waals surface area contributed by atoms with Crippen molar-refractivity contribution in [3.8, 4) is 5.75 Å². The second kappa shape index (κ2) is 7.97. The Hall–Kier alpha value is -3.08. The van der Waals surface area contributed by atoms with E-state index in [1.54, 1.807) is 37.5 Å². The summed E-state index contributed by atoms with van der Waals surface area (Å²) >= 11 is 0. The van der Waals surface area contributed by atoms with Crippen LogP contribution in [0, 0.1) is 6.92 Å². The maximum atomic E-state index is 12.0. The first-order chi connectivity index (χ1) is 11.5. The maximum Gasteiger partial charge on any atom is 0.248 e. The number of amides is 2. The fourth-order valence-corrected chi connectivity index (χ4v) is 2.17. The lowest BCUT2D eigenvalue weighted by Crippen LogP contribution is -2.08. The minimum absolute atomic E-state index is 0.137. The van der Waals surface area contributed by atoms with E-state index in [0.717, 1.165) is 11.1 Å². The van der Waals surface area contributed by atoms with Crippen molar-refractivity contribution in [2.75, 3.05) is 17.7 Å². The molecule has 2 aromatic carbocycles. The Labute approximate surface area is 141 Å². The molecule has 124 valence electrons. The standard InChI is InChI=1S/C19H20N2O3/c1-13-4-10-18(24-3)15(12-13)5-11-19(23)21-17-8-6-16(7-9-17)20-14(2)22/h4-12H,1-3H3,(H,20,22)(H,21,23)/b11-5+. The lowest BCUT2D eigenvalue weighted by Gasteiger charge is -2.06. The molecule has 0 heterocycles. The highest BCUT2D eigenvalue weighted by atomic mass is 16.5. The Morgan fingerprint density at radius 1 is 1.00 bits per heavy atom. The molecule has 0 radical (unpaired) electrons. The molecule has 5 heteroatoms. The van der Waals surface area contributed by atoms with Crippen LogP contribution in [-0.2, 0) is 9.59 Å². The molecule has 0 aliphatic rings. The van der Waals surface area contributed by atoms with E-state index in [4.69, 9.17) is 4.74 Å². The summed E-state index contributed by atoms with van der Waals surface area (Å²) in [6.07, 6.45) is 3.17. The number of rotatable bonds is 5. The van der Waals surface area contributed by atoms with Crippen LogP contribution >= 0.6 is 0 Å². The van der Waals surface area contributed by atoms with Crippen LogP contribution in [0.4, 0.5) is 11.4 Å². The smallest absolute Gasteiger partial charge is 0.248 e. The molecule has 5 nitrogen and oxygen atoms in total. The molecular weight excluding hydrogens is 304 g/mol. The lowest BCUT2D eigenvalue weighted by atomic mass is 10.1. The first-order valence-electron chi connectivity index (χ1n) is 7.49. The second-order valence-corrected chi connectivity index (χ2v) is 5.33. The normalized spacial score (nSPS) is 10.5. The number of ether oxygens (including phenoxy) is 1. The highest BCUT2D eigenvalue weighted by molar-refractivity contribution is 6.02. The van der Waals surface area contributed by atoms with Gasteiger partial charge in [0.2, 0.25) is 11.8 Å². The van der Waals surface area contributed by atoms with Gasteiger partial charge < -0.3 is 15.4 Å². The summed E-state index contributed by atoms with van der Waals surface area (Å²) in [5, 5.41) is 5.44. The van der Waals surface area contributed by atoms with Crippen LogP contribution in [0.3, 0.4) is 0 Å². The molecule has 24 heavy (non-hydrogen) atoms. The molecule has 2 N–H and O–H groups in total. The van der Waals surface area contributed by atoms with Gasteiger partial charge >= 0.3 is 0 Å². The van der Waals surface area contributed by atoms with E-state index in [9.17, 15) is 9.59 Å². The number of carbonyl (C=O) groups is 2. The van der Waals surface area contributed by atoms with Crippen LogP contribution in [0.2, 0.25) is 0 Å². The Bertz CT molecular complexity index is 765. The highest BCUT2D eigenvalue weighted by Gasteiger charge is 2.02. The number of nitrogens with one attached hydrogen (secondary N) is 2. The van der Waals surface area contributed by atoms with Crippen LogP contribution in [0.15, 0.2) is 48.5 Å². The van der Waals surface area contributed by atoms with E-state index in [0.29, 0.717) is 17.1 Å². The van der Waals surface area contributed by atoms with Gasteiger partial charge in [-0.3, -0.25) is 9.59 Å². The van der Waals surface area contributed by atoms with E-state index >= 15 is 0 Å². The monoisotopic (exact) mass is 324 g/mol. The minimum atomic E-state index is -0.245. The molecule has 0 aliphatic heterocycles. The second-order valence-electron chi connectivity index (χ2n) is 5.33. The van der Waals surface area contributed by atoms with E-state index in [1.165, 1.54) is 13.0 Å². The number of carbonyl (C=O) groups excluding carboxylic acids is 2. The Kier molecular flexibility index (Phi) is 5.73. The average molecular weight is 324 g/mol. The Morgan fingerprint density at radius 3 is 2.21 bits per heavy atom. The molecule has 0 aliphatic carbocycles. The van der Waals surface area contributed by atoms with E-state index < -0.39 is 0 Å². The zero-order valence-corrected chi connectivity index (χ0v) is 13.9. The summed E-state index contributed by atoms with van der Waals surface area (Å²) in [5.74, 6) is 0.331. The first-order valence-corrected chi connectivity index (χ1v) is 7.49. The number of hydrogen-bond donors (Lipinski definition) is 2. The van der Waals surface area contributed by atoms with Gasteiger partial charge in [-0.05, 0) is 49.4 Å². The lowest BCUT2D eigenvalue weighted by molar-refractivity contribution is -0.114. The Morgan fingerprint density at radius 2 is 1.62 bits per heavy atom. The molecular formula is C19H20N2O3. The number of hydrogen-bond acceptors (Lipinski definition) is 3. The van der Waals surface area contributed by atoms with E-state index in [-0.39, 0.29) is 11.8 Å². The van der Waals surface area contributed by atoms with Crippen molar-refractivity contribution < 1.29 is 14.3 Å². The summed E-state index contributed by atoms with van der Waals surface area (Å²) in [6.45, 7) is 3.42. The average Bonchev–Trinajstić information content (AvgIpc) is 2.54. The molecule has 2 aromatic rings. The van der Waals surface area contributed by atoms with Crippen molar-refractivity contribution in [3.05, 3.63) is 59.7 Å². The number of aryl methyl sites for hydroxylation is 1. The van der Waals surface area contributed by atoms with Crippen molar-refractivity contribution in [3.63, 3.8) is 0 Å². The van der Waals surface area contributed by atoms with Crippen molar-refractivity contribution in [1.29, 1.82) is 0 Å². The van der Waals surface area contributed by atoms with Gasteiger partial charge in [-0.15, -0.1) is 0 Å². The van der Waals surface area contributed by atoms with Crippen LogP contribution in [-0.4, -0.2) is 18.9 Å². The topological polar surface area (TPSA) is 67.4 Å². The summed E-state index contributed by atoms with van der Waals surface area (Å²) < 4.78 is 5.28. The van der Waals surface area contributed by atoms with Crippen LogP contribution < -0.4 is 15.4 Å². The van der Waals surface area contributed by atoms with Gasteiger partial charge in [0.15, 0.2) is 0 Å². The third kappa shape index (κ3) is 4.98. The number of benzene rings is 2.